The quantitative estimate of drug-likeness (QED) is 0.763. The summed E-state index contributed by atoms with van der Waals surface area (Å²) >= 11 is 1.52. The molecule has 122 valence electrons. The molecule has 2 N–H and O–H groups in total. The molecule has 2 aromatic heterocycles. The molecule has 7 nitrogen and oxygen atoms in total. The number of aromatic nitrogens is 3. The first kappa shape index (κ1) is 14.7. The molecule has 0 unspecified atom stereocenters. The van der Waals surface area contributed by atoms with E-state index in [0.717, 1.165) is 22.0 Å². The highest BCUT2D eigenvalue weighted by Crippen LogP contribution is 2.39. The number of nitrogens with one attached hydrogen (secondary N) is 2. The number of fused-ring (bicyclic) bond motifs is 1. The summed E-state index contributed by atoms with van der Waals surface area (Å²) in [6.45, 7) is 3.59. The lowest BCUT2D eigenvalue weighted by Crippen LogP contribution is -2.06. The van der Waals surface area contributed by atoms with Crippen molar-refractivity contribution >= 4 is 23.2 Å². The number of benzene rings is 1. The number of aryl methyl sites for hydroxylation is 1. The summed E-state index contributed by atoms with van der Waals surface area (Å²) in [6.07, 6.45) is 0. The highest BCUT2D eigenvalue weighted by molar-refractivity contribution is 7.13. The van der Waals surface area contributed by atoms with Crippen molar-refractivity contribution in [1.82, 2.24) is 15.0 Å². The van der Waals surface area contributed by atoms with Gasteiger partial charge in [0.05, 0.1) is 0 Å². The topological polar surface area (TPSA) is 89.1 Å². The number of hydrogen-bond donors (Lipinski definition) is 2. The van der Waals surface area contributed by atoms with E-state index in [1.54, 1.807) is 0 Å². The predicted octanol–water partition coefficient (Wildman–Crippen LogP) is 3.20. The van der Waals surface area contributed by atoms with E-state index in [4.69, 9.17) is 9.47 Å². The van der Waals surface area contributed by atoms with E-state index < -0.39 is 0 Å². The van der Waals surface area contributed by atoms with Crippen LogP contribution in [0.3, 0.4) is 0 Å². The van der Waals surface area contributed by atoms with Crippen molar-refractivity contribution in [2.75, 3.05) is 12.1 Å². The molecule has 0 radical (unpaired) electrons. The minimum absolute atomic E-state index is 0.192. The number of ether oxygens (including phenoxy) is 2. The van der Waals surface area contributed by atoms with Crippen LogP contribution in [0.25, 0.3) is 22.0 Å². The van der Waals surface area contributed by atoms with Crippen molar-refractivity contribution in [1.29, 1.82) is 0 Å². The zero-order valence-electron chi connectivity index (χ0n) is 13.0. The normalized spacial score (nSPS) is 12.4. The Morgan fingerprint density at radius 1 is 1.29 bits per heavy atom. The Morgan fingerprint density at radius 3 is 2.88 bits per heavy atom. The van der Waals surface area contributed by atoms with E-state index in [-0.39, 0.29) is 12.7 Å². The fourth-order valence-corrected chi connectivity index (χ4v) is 3.27. The van der Waals surface area contributed by atoms with Gasteiger partial charge in [-0.1, -0.05) is 0 Å². The van der Waals surface area contributed by atoms with Gasteiger partial charge in [-0.25, -0.2) is 9.97 Å². The van der Waals surface area contributed by atoms with Crippen LogP contribution in [0.4, 0.5) is 5.95 Å². The Morgan fingerprint density at radius 2 is 2.12 bits per heavy atom. The smallest absolute Gasteiger partial charge is 0.231 e. The Kier molecular flexibility index (Phi) is 3.46. The number of carbonyl (C=O) groups is 1. The molecule has 8 heteroatoms. The van der Waals surface area contributed by atoms with E-state index in [1.807, 2.05) is 30.5 Å². The second-order valence-corrected chi connectivity index (χ2v) is 6.21. The number of imidazole rings is 1. The number of H-pyrrole nitrogens is 1. The van der Waals surface area contributed by atoms with Gasteiger partial charge in [-0.15, -0.1) is 11.3 Å². The molecule has 0 saturated carbocycles. The van der Waals surface area contributed by atoms with Gasteiger partial charge in [0.25, 0.3) is 0 Å². The van der Waals surface area contributed by atoms with Crippen LogP contribution < -0.4 is 14.8 Å². The minimum Gasteiger partial charge on any atom is -0.454 e. The molecular weight excluding hydrogens is 328 g/mol. The first-order valence-electron chi connectivity index (χ1n) is 7.30. The highest BCUT2D eigenvalue weighted by atomic mass is 32.1. The number of anilines is 1. The number of carbonyl (C=O) groups excluding carboxylic acids is 1. The lowest BCUT2D eigenvalue weighted by Gasteiger charge is -2.02. The average molecular weight is 342 g/mol. The van der Waals surface area contributed by atoms with E-state index >= 15 is 0 Å². The molecule has 1 aromatic carbocycles. The molecule has 0 aliphatic carbocycles. The van der Waals surface area contributed by atoms with Gasteiger partial charge in [0.2, 0.25) is 18.6 Å². The number of amides is 1. The maximum absolute atomic E-state index is 11.3. The summed E-state index contributed by atoms with van der Waals surface area (Å²) in [6, 6.07) is 5.63. The van der Waals surface area contributed by atoms with Crippen molar-refractivity contribution in [3.8, 4) is 33.5 Å². The van der Waals surface area contributed by atoms with Crippen LogP contribution in [0.15, 0.2) is 23.6 Å². The second-order valence-electron chi connectivity index (χ2n) is 5.35. The number of rotatable bonds is 3. The number of aromatic amines is 1. The lowest BCUT2D eigenvalue weighted by molar-refractivity contribution is -0.114. The standard InChI is InChI=1S/C16H14N4O3S/c1-8-6-24-15(17-8)14-13(19-16(20-14)18-9(2)21)10-3-4-11-12(5-10)23-7-22-11/h3-6H,7H2,1-2H3,(H2,18,19,20,21). The SMILES string of the molecule is CC(=O)Nc1nc(-c2ccc3c(c2)OCO3)c(-c2nc(C)cs2)[nH]1. The van der Waals surface area contributed by atoms with Crippen molar-refractivity contribution in [3.05, 3.63) is 29.3 Å². The Balaban J connectivity index is 1.83. The molecule has 0 atom stereocenters. The third kappa shape index (κ3) is 2.61. The summed E-state index contributed by atoms with van der Waals surface area (Å²) in [5, 5.41) is 5.46. The van der Waals surface area contributed by atoms with Gasteiger partial charge in [0, 0.05) is 23.6 Å². The van der Waals surface area contributed by atoms with Crippen LogP contribution in [0.2, 0.25) is 0 Å². The zero-order chi connectivity index (χ0) is 16.7. The first-order chi connectivity index (χ1) is 11.6. The van der Waals surface area contributed by atoms with Crippen molar-refractivity contribution in [2.45, 2.75) is 13.8 Å². The predicted molar refractivity (Wildman–Crippen MR) is 90.3 cm³/mol. The largest absolute Gasteiger partial charge is 0.454 e. The summed E-state index contributed by atoms with van der Waals surface area (Å²) < 4.78 is 10.8. The molecule has 3 heterocycles. The van der Waals surface area contributed by atoms with Gasteiger partial charge in [0.1, 0.15) is 16.4 Å². The number of thiazole rings is 1. The summed E-state index contributed by atoms with van der Waals surface area (Å²) in [5.41, 5.74) is 3.25. The van der Waals surface area contributed by atoms with E-state index in [1.165, 1.54) is 18.3 Å². The maximum atomic E-state index is 11.3. The van der Waals surface area contributed by atoms with Gasteiger partial charge in [-0.3, -0.25) is 10.1 Å². The van der Waals surface area contributed by atoms with E-state index in [9.17, 15) is 4.79 Å². The monoisotopic (exact) mass is 342 g/mol. The molecule has 0 fully saturated rings. The minimum atomic E-state index is -0.192. The van der Waals surface area contributed by atoms with Crippen molar-refractivity contribution in [3.63, 3.8) is 0 Å². The molecule has 0 bridgehead atoms. The third-order valence-electron chi connectivity index (χ3n) is 3.48. The van der Waals surface area contributed by atoms with Crippen molar-refractivity contribution < 1.29 is 14.3 Å². The van der Waals surface area contributed by atoms with Crippen LogP contribution in [0.5, 0.6) is 11.5 Å². The Hall–Kier alpha value is -2.87. The molecule has 24 heavy (non-hydrogen) atoms. The molecule has 0 spiro atoms. The summed E-state index contributed by atoms with van der Waals surface area (Å²) in [7, 11) is 0. The van der Waals surface area contributed by atoms with Crippen LogP contribution in [-0.2, 0) is 4.79 Å². The van der Waals surface area contributed by atoms with Gasteiger partial charge < -0.3 is 14.5 Å². The zero-order valence-corrected chi connectivity index (χ0v) is 13.9. The van der Waals surface area contributed by atoms with Crippen molar-refractivity contribution in [2.24, 2.45) is 0 Å². The van der Waals surface area contributed by atoms with Gasteiger partial charge in [0.15, 0.2) is 11.5 Å². The third-order valence-corrected chi connectivity index (χ3v) is 4.45. The maximum Gasteiger partial charge on any atom is 0.231 e. The highest BCUT2D eigenvalue weighted by Gasteiger charge is 2.20. The second kappa shape index (κ2) is 5.64. The fourth-order valence-electron chi connectivity index (χ4n) is 2.48. The Bertz CT molecular complexity index is 931. The molecule has 1 amide bonds. The molecule has 3 aromatic rings. The van der Waals surface area contributed by atoms with Gasteiger partial charge in [-0.2, -0.15) is 0 Å². The summed E-state index contributed by atoms with van der Waals surface area (Å²) in [4.78, 5) is 23.5. The lowest BCUT2D eigenvalue weighted by atomic mass is 10.1. The number of hydrogen-bond acceptors (Lipinski definition) is 6. The Labute approximate surface area is 141 Å². The van der Waals surface area contributed by atoms with Gasteiger partial charge >= 0.3 is 0 Å². The molecule has 1 aliphatic heterocycles. The molecule has 4 rings (SSSR count). The first-order valence-corrected chi connectivity index (χ1v) is 8.18. The van der Waals surface area contributed by atoms with E-state index in [0.29, 0.717) is 23.1 Å². The van der Waals surface area contributed by atoms with Crippen LogP contribution in [0.1, 0.15) is 12.6 Å². The van der Waals surface area contributed by atoms with Gasteiger partial charge in [-0.05, 0) is 25.1 Å². The van der Waals surface area contributed by atoms with Crippen LogP contribution in [-0.4, -0.2) is 27.7 Å². The van der Waals surface area contributed by atoms with Crippen LogP contribution >= 0.6 is 11.3 Å². The van der Waals surface area contributed by atoms with E-state index in [2.05, 4.69) is 20.3 Å². The molecular formula is C16H14N4O3S. The summed E-state index contributed by atoms with van der Waals surface area (Å²) in [5.74, 6) is 1.58. The average Bonchev–Trinajstić information content (AvgIpc) is 3.24. The molecule has 0 saturated heterocycles. The number of nitrogens with zero attached hydrogens (tertiary/aromatic N) is 2. The fraction of sp³-hybridized carbons (Fsp3) is 0.188. The molecule has 1 aliphatic rings. The van der Waals surface area contributed by atoms with Crippen LogP contribution in [0, 0.1) is 6.92 Å².